The van der Waals surface area contributed by atoms with Crippen molar-refractivity contribution >= 4 is 47.9 Å². The van der Waals surface area contributed by atoms with Crippen LogP contribution in [0.1, 0.15) is 5.56 Å². The highest BCUT2D eigenvalue weighted by Gasteiger charge is 2.20. The van der Waals surface area contributed by atoms with E-state index < -0.39 is 21.4 Å². The lowest BCUT2D eigenvalue weighted by Gasteiger charge is -2.06. The number of hydrogen-bond donors (Lipinski definition) is 1. The molecule has 0 aliphatic carbocycles. The Balaban J connectivity index is 2.09. The molecule has 0 aliphatic rings. The topological polar surface area (TPSA) is 67.0 Å². The molecule has 0 amide bonds. The van der Waals surface area contributed by atoms with E-state index in [0.29, 0.717) is 9.17 Å². The Labute approximate surface area is 137 Å². The molecule has 0 fully saturated rings. The Morgan fingerprint density at radius 2 is 2.00 bits per heavy atom. The Morgan fingerprint density at radius 3 is 2.68 bits per heavy atom. The first-order valence-corrected chi connectivity index (χ1v) is 9.41. The summed E-state index contributed by atoms with van der Waals surface area (Å²) in [4.78, 5) is 14.2. The van der Waals surface area contributed by atoms with Gasteiger partial charge < -0.3 is 4.98 Å². The Bertz CT molecular complexity index is 1020. The van der Waals surface area contributed by atoms with E-state index in [9.17, 15) is 17.6 Å². The van der Waals surface area contributed by atoms with Crippen LogP contribution in [0.2, 0.25) is 0 Å². The van der Waals surface area contributed by atoms with Gasteiger partial charge in [0.2, 0.25) is 0 Å². The average Bonchev–Trinajstić information content (AvgIpc) is 2.88. The molecule has 0 unspecified atom stereocenters. The van der Waals surface area contributed by atoms with Crippen LogP contribution < -0.4 is 5.56 Å². The second-order valence-electron chi connectivity index (χ2n) is 4.66. The second kappa shape index (κ2) is 5.60. The van der Waals surface area contributed by atoms with Crippen LogP contribution in [0.4, 0.5) is 4.39 Å². The molecule has 0 saturated heterocycles. The summed E-state index contributed by atoms with van der Waals surface area (Å²) in [6, 6.07) is 7.13. The molecule has 22 heavy (non-hydrogen) atoms. The molecule has 8 heteroatoms. The maximum absolute atomic E-state index is 14.1. The van der Waals surface area contributed by atoms with Gasteiger partial charge >= 0.3 is 0 Å². The van der Waals surface area contributed by atoms with E-state index >= 15 is 0 Å². The van der Waals surface area contributed by atoms with Crippen LogP contribution >= 0.6 is 27.3 Å². The Morgan fingerprint density at radius 1 is 1.23 bits per heavy atom. The predicted molar refractivity (Wildman–Crippen MR) is 87.4 cm³/mol. The first kappa shape index (κ1) is 15.4. The Kier molecular flexibility index (Phi) is 3.92. The molecule has 2 aromatic heterocycles. The van der Waals surface area contributed by atoms with Crippen LogP contribution in [0.3, 0.4) is 0 Å². The number of nitrogens with one attached hydrogen (secondary N) is 1. The summed E-state index contributed by atoms with van der Waals surface area (Å²) in [6.45, 7) is 0. The van der Waals surface area contributed by atoms with Gasteiger partial charge in [0, 0.05) is 17.1 Å². The van der Waals surface area contributed by atoms with Crippen LogP contribution in [-0.2, 0) is 15.6 Å². The molecule has 0 radical (unpaired) electrons. The molecule has 0 saturated carbocycles. The van der Waals surface area contributed by atoms with Gasteiger partial charge in [0.1, 0.15) is 10.0 Å². The lowest BCUT2D eigenvalue weighted by Crippen LogP contribution is -2.08. The first-order chi connectivity index (χ1) is 10.4. The molecule has 3 rings (SSSR count). The molecule has 1 aromatic carbocycles. The summed E-state index contributed by atoms with van der Waals surface area (Å²) >= 11 is 4.27. The van der Waals surface area contributed by atoms with E-state index in [1.807, 2.05) is 0 Å². The number of aromatic nitrogens is 1. The molecule has 0 spiro atoms. The molecule has 0 atom stereocenters. The lowest BCUT2D eigenvalue weighted by molar-refractivity contribution is 0.589. The number of benzene rings is 1. The van der Waals surface area contributed by atoms with Crippen LogP contribution in [0.5, 0.6) is 0 Å². The summed E-state index contributed by atoms with van der Waals surface area (Å²) in [7, 11) is -3.66. The number of H-pyrrole nitrogens is 1. The number of fused-ring (bicyclic) bond motifs is 1. The number of pyridine rings is 1. The summed E-state index contributed by atoms with van der Waals surface area (Å²) in [6.07, 6.45) is 1.42. The molecular weight excluding hydrogens is 393 g/mol. The summed E-state index contributed by atoms with van der Waals surface area (Å²) in [5, 5.41) is 0.697. The van der Waals surface area contributed by atoms with E-state index in [4.69, 9.17) is 0 Å². The fourth-order valence-electron chi connectivity index (χ4n) is 2.10. The minimum Gasteiger partial charge on any atom is -0.329 e. The zero-order valence-electron chi connectivity index (χ0n) is 11.0. The third kappa shape index (κ3) is 2.86. The normalized spacial score (nSPS) is 11.9. The zero-order valence-corrected chi connectivity index (χ0v) is 14.2. The van der Waals surface area contributed by atoms with Crippen molar-refractivity contribution in [3.8, 4) is 0 Å². The zero-order chi connectivity index (χ0) is 15.9. The van der Waals surface area contributed by atoms with Crippen LogP contribution in [0.25, 0.3) is 10.8 Å². The molecule has 1 N–H and O–H groups in total. The summed E-state index contributed by atoms with van der Waals surface area (Å²) in [5.41, 5.74) is -0.399. The smallest absolute Gasteiger partial charge is 0.255 e. The van der Waals surface area contributed by atoms with E-state index in [2.05, 4.69) is 20.9 Å². The predicted octanol–water partition coefficient (Wildman–Crippen LogP) is 3.47. The highest BCUT2D eigenvalue weighted by Crippen LogP contribution is 2.29. The van der Waals surface area contributed by atoms with Crippen LogP contribution in [0.15, 0.2) is 49.3 Å². The number of aromatic amines is 1. The molecule has 0 bridgehead atoms. The van der Waals surface area contributed by atoms with Crippen molar-refractivity contribution in [1.82, 2.24) is 4.98 Å². The van der Waals surface area contributed by atoms with Crippen molar-refractivity contribution in [2.24, 2.45) is 0 Å². The van der Waals surface area contributed by atoms with E-state index in [1.165, 1.54) is 24.4 Å². The molecule has 0 aliphatic heterocycles. The standard InChI is InChI=1S/C14H9BrFNO3S2/c15-12-1-2-13(21-12)22(19,20)7-9-5-10-8(6-11(9)16)3-4-17-14(10)18/h1-6H,7H2,(H,17,18). The van der Waals surface area contributed by atoms with Gasteiger partial charge in [-0.25, -0.2) is 12.8 Å². The lowest BCUT2D eigenvalue weighted by atomic mass is 10.1. The second-order valence-corrected chi connectivity index (χ2v) is 9.33. The van der Waals surface area contributed by atoms with Gasteiger partial charge in [-0.2, -0.15) is 0 Å². The van der Waals surface area contributed by atoms with Gasteiger partial charge in [-0.05, 0) is 51.6 Å². The molecule has 114 valence electrons. The SMILES string of the molecule is O=c1[nH]ccc2cc(F)c(CS(=O)(=O)c3ccc(Br)s3)cc12. The number of rotatable bonds is 3. The monoisotopic (exact) mass is 401 g/mol. The van der Waals surface area contributed by atoms with Gasteiger partial charge in [0.15, 0.2) is 9.84 Å². The van der Waals surface area contributed by atoms with Crippen molar-refractivity contribution in [3.63, 3.8) is 0 Å². The third-order valence-electron chi connectivity index (χ3n) is 3.14. The first-order valence-electron chi connectivity index (χ1n) is 6.15. The fourth-order valence-corrected chi connectivity index (χ4v) is 5.55. The van der Waals surface area contributed by atoms with Crippen LogP contribution in [0, 0.1) is 5.82 Å². The molecular formula is C14H9BrFNO3S2. The van der Waals surface area contributed by atoms with Crippen molar-refractivity contribution in [1.29, 1.82) is 0 Å². The van der Waals surface area contributed by atoms with Crippen LogP contribution in [-0.4, -0.2) is 13.4 Å². The van der Waals surface area contributed by atoms with Crippen molar-refractivity contribution in [2.75, 3.05) is 0 Å². The largest absolute Gasteiger partial charge is 0.329 e. The molecule has 4 nitrogen and oxygen atoms in total. The van der Waals surface area contributed by atoms with Gasteiger partial charge in [0.05, 0.1) is 9.54 Å². The number of thiophene rings is 1. The minimum absolute atomic E-state index is 0.0197. The van der Waals surface area contributed by atoms with E-state index in [0.717, 1.165) is 11.3 Å². The average molecular weight is 402 g/mol. The summed E-state index contributed by atoms with van der Waals surface area (Å²) < 4.78 is 39.6. The van der Waals surface area contributed by atoms with Gasteiger partial charge in [0.25, 0.3) is 5.56 Å². The van der Waals surface area contributed by atoms with Crippen molar-refractivity contribution < 1.29 is 12.8 Å². The van der Waals surface area contributed by atoms with Gasteiger partial charge in [-0.3, -0.25) is 4.79 Å². The maximum atomic E-state index is 14.1. The number of halogens is 2. The highest BCUT2D eigenvalue weighted by molar-refractivity contribution is 9.11. The maximum Gasteiger partial charge on any atom is 0.255 e. The molecule has 3 aromatic rings. The Hall–Kier alpha value is -1.51. The highest BCUT2D eigenvalue weighted by atomic mass is 79.9. The number of sulfone groups is 1. The van der Waals surface area contributed by atoms with E-state index in [1.54, 1.807) is 12.1 Å². The van der Waals surface area contributed by atoms with Crippen molar-refractivity contribution in [3.05, 3.63) is 62.0 Å². The fraction of sp³-hybridized carbons (Fsp3) is 0.0714. The van der Waals surface area contributed by atoms with E-state index in [-0.39, 0.29) is 20.7 Å². The minimum atomic E-state index is -3.66. The quantitative estimate of drug-likeness (QED) is 0.730. The van der Waals surface area contributed by atoms with Crippen molar-refractivity contribution in [2.45, 2.75) is 9.96 Å². The summed E-state index contributed by atoms with van der Waals surface area (Å²) in [5.74, 6) is -1.13. The van der Waals surface area contributed by atoms with Gasteiger partial charge in [-0.15, -0.1) is 11.3 Å². The number of hydrogen-bond acceptors (Lipinski definition) is 4. The van der Waals surface area contributed by atoms with Gasteiger partial charge in [-0.1, -0.05) is 0 Å². The third-order valence-corrected chi connectivity index (χ3v) is 7.01. The molecule has 2 heterocycles.